The van der Waals surface area contributed by atoms with Crippen LogP contribution >= 0.6 is 0 Å². The third-order valence-electron chi connectivity index (χ3n) is 1.29. The van der Waals surface area contributed by atoms with E-state index in [2.05, 4.69) is 21.1 Å². The van der Waals surface area contributed by atoms with Crippen LogP contribution in [0, 0.1) is 6.20 Å². The maximum atomic E-state index is 5.40. The molecule has 0 spiro atoms. The molecule has 0 N–H and O–H groups in total. The SMILES string of the molecule is [B]c1cnc2cc[c-]nc2n1.[W]. The Morgan fingerprint density at radius 1 is 1.42 bits per heavy atom. The second kappa shape index (κ2) is 3.77. The van der Waals surface area contributed by atoms with E-state index in [1.54, 1.807) is 12.1 Å². The first kappa shape index (κ1) is 9.33. The van der Waals surface area contributed by atoms with Crippen LogP contribution in [0.25, 0.3) is 11.2 Å². The summed E-state index contributed by atoms with van der Waals surface area (Å²) < 4.78 is 0. The smallest absolute Gasteiger partial charge is 0.142 e. The van der Waals surface area contributed by atoms with Gasteiger partial charge >= 0.3 is 0 Å². The molecule has 2 heterocycles. The molecule has 12 heavy (non-hydrogen) atoms. The molecule has 0 bridgehead atoms. The zero-order valence-corrected chi connectivity index (χ0v) is 8.99. The van der Waals surface area contributed by atoms with E-state index in [9.17, 15) is 0 Å². The van der Waals surface area contributed by atoms with Crippen molar-refractivity contribution in [2.75, 3.05) is 0 Å². The number of nitrogens with zero attached hydrogens (tertiary/aromatic N) is 3. The van der Waals surface area contributed by atoms with E-state index >= 15 is 0 Å². The Kier molecular flexibility index (Phi) is 2.93. The van der Waals surface area contributed by atoms with Gasteiger partial charge in [-0.1, -0.05) is 6.20 Å². The Morgan fingerprint density at radius 3 is 3.08 bits per heavy atom. The monoisotopic (exact) mass is 324 g/mol. The van der Waals surface area contributed by atoms with Crippen molar-refractivity contribution >= 4 is 24.6 Å². The van der Waals surface area contributed by atoms with Gasteiger partial charge in [-0.2, -0.15) is 6.07 Å². The predicted molar refractivity (Wildman–Crippen MR) is 41.6 cm³/mol. The maximum absolute atomic E-state index is 5.40. The van der Waals surface area contributed by atoms with Gasteiger partial charge in [0.1, 0.15) is 7.85 Å². The fraction of sp³-hybridized carbons (Fsp3) is 0. The number of rotatable bonds is 0. The van der Waals surface area contributed by atoms with Crippen molar-refractivity contribution in [3.8, 4) is 0 Å². The Balaban J connectivity index is 0.000000720. The first-order valence-corrected chi connectivity index (χ1v) is 3.11. The molecule has 5 heteroatoms. The number of pyridine rings is 1. The van der Waals surface area contributed by atoms with Gasteiger partial charge in [0.2, 0.25) is 0 Å². The summed E-state index contributed by atoms with van der Waals surface area (Å²) in [6.07, 6.45) is 4.16. The summed E-state index contributed by atoms with van der Waals surface area (Å²) in [6.45, 7) is 0. The molecule has 0 saturated heterocycles. The van der Waals surface area contributed by atoms with E-state index in [-0.39, 0.29) is 21.1 Å². The van der Waals surface area contributed by atoms with E-state index in [0.717, 1.165) is 5.52 Å². The normalized spacial score (nSPS) is 9.33. The van der Waals surface area contributed by atoms with E-state index in [4.69, 9.17) is 7.85 Å². The Labute approximate surface area is 85.3 Å². The molecule has 0 saturated carbocycles. The Morgan fingerprint density at radius 2 is 2.25 bits per heavy atom. The molecule has 0 aliphatic heterocycles. The van der Waals surface area contributed by atoms with Crippen molar-refractivity contribution in [3.63, 3.8) is 0 Å². The van der Waals surface area contributed by atoms with E-state index in [1.807, 2.05) is 0 Å². The molecule has 0 aromatic carbocycles. The average molecular weight is 324 g/mol. The minimum Gasteiger partial charge on any atom is -0.368 e. The summed E-state index contributed by atoms with van der Waals surface area (Å²) in [6, 6.07) is 3.47. The van der Waals surface area contributed by atoms with Crippen LogP contribution in [0.3, 0.4) is 0 Å². The van der Waals surface area contributed by atoms with Crippen molar-refractivity contribution in [1.82, 2.24) is 15.0 Å². The first-order valence-electron chi connectivity index (χ1n) is 3.11. The zero-order chi connectivity index (χ0) is 7.68. The zero-order valence-electron chi connectivity index (χ0n) is 6.06. The van der Waals surface area contributed by atoms with E-state index in [0.29, 0.717) is 11.2 Å². The molecule has 0 fully saturated rings. The third kappa shape index (κ3) is 1.70. The van der Waals surface area contributed by atoms with Gasteiger partial charge in [0.05, 0.1) is 5.65 Å². The molecule has 2 aromatic rings. The van der Waals surface area contributed by atoms with Crippen LogP contribution < -0.4 is 5.59 Å². The second-order valence-corrected chi connectivity index (χ2v) is 2.08. The standard InChI is InChI=1S/C7H3BN3.W/c8-6-4-10-5-2-1-3-9-7(5)11-6;/h1-2,4H;/q-1;. The molecule has 2 radical (unpaired) electrons. The number of hydrogen-bond donors (Lipinski definition) is 0. The second-order valence-electron chi connectivity index (χ2n) is 2.08. The molecule has 0 aliphatic carbocycles. The summed E-state index contributed by atoms with van der Waals surface area (Å²) in [4.78, 5) is 11.8. The van der Waals surface area contributed by atoms with Crippen LogP contribution in [0.1, 0.15) is 0 Å². The van der Waals surface area contributed by atoms with Crippen molar-refractivity contribution in [1.29, 1.82) is 0 Å². The maximum Gasteiger partial charge on any atom is 0.142 e. The number of aromatic nitrogens is 3. The van der Waals surface area contributed by atoms with Crippen molar-refractivity contribution in [3.05, 3.63) is 24.5 Å². The molecule has 0 unspecified atom stereocenters. The quantitative estimate of drug-likeness (QED) is 0.490. The van der Waals surface area contributed by atoms with Crippen LogP contribution in [-0.2, 0) is 21.1 Å². The van der Waals surface area contributed by atoms with Crippen molar-refractivity contribution in [2.24, 2.45) is 0 Å². The third-order valence-corrected chi connectivity index (χ3v) is 1.29. The van der Waals surface area contributed by atoms with E-state index < -0.39 is 0 Å². The number of hydrogen-bond acceptors (Lipinski definition) is 3. The van der Waals surface area contributed by atoms with Gasteiger partial charge in [0.15, 0.2) is 0 Å². The van der Waals surface area contributed by atoms with Crippen molar-refractivity contribution in [2.45, 2.75) is 0 Å². The largest absolute Gasteiger partial charge is 0.368 e. The Hall–Kier alpha value is -0.757. The van der Waals surface area contributed by atoms with Gasteiger partial charge in [0, 0.05) is 27.3 Å². The van der Waals surface area contributed by atoms with E-state index in [1.165, 1.54) is 6.20 Å². The van der Waals surface area contributed by atoms with Crippen molar-refractivity contribution < 1.29 is 21.1 Å². The summed E-state index contributed by atoms with van der Waals surface area (Å²) in [5.74, 6) is 0. The summed E-state index contributed by atoms with van der Waals surface area (Å²) in [5.41, 5.74) is 1.65. The molecule has 3 nitrogen and oxygen atoms in total. The Bertz CT molecular complexity index is 393. The van der Waals surface area contributed by atoms with Crippen LogP contribution in [0.5, 0.6) is 0 Å². The minimum absolute atomic E-state index is 0. The molecular weight excluding hydrogens is 321 g/mol. The van der Waals surface area contributed by atoms with Crippen LogP contribution in [0.15, 0.2) is 18.3 Å². The topological polar surface area (TPSA) is 38.7 Å². The molecular formula is C7H3BN3W-. The van der Waals surface area contributed by atoms with Gasteiger partial charge < -0.3 is 9.97 Å². The fourth-order valence-corrected chi connectivity index (χ4v) is 0.816. The van der Waals surface area contributed by atoms with Gasteiger partial charge in [-0.25, -0.2) is 0 Å². The molecule has 0 atom stereocenters. The van der Waals surface area contributed by atoms with Crippen LogP contribution in [-0.4, -0.2) is 22.8 Å². The van der Waals surface area contributed by atoms with Gasteiger partial charge in [-0.05, 0) is 11.1 Å². The molecule has 2 aromatic heterocycles. The van der Waals surface area contributed by atoms with Crippen LogP contribution in [0.2, 0.25) is 0 Å². The van der Waals surface area contributed by atoms with Gasteiger partial charge in [-0.3, -0.25) is 4.98 Å². The van der Waals surface area contributed by atoms with Crippen LogP contribution in [0.4, 0.5) is 0 Å². The molecule has 0 aliphatic rings. The summed E-state index contributed by atoms with van der Waals surface area (Å²) in [7, 11) is 5.40. The fourth-order valence-electron chi connectivity index (χ4n) is 0.816. The van der Waals surface area contributed by atoms with Gasteiger partial charge in [-0.15, -0.1) is 6.07 Å². The molecule has 56 valence electrons. The summed E-state index contributed by atoms with van der Waals surface area (Å²) in [5, 5.41) is 0. The minimum atomic E-state index is 0. The molecule has 2 rings (SSSR count). The number of fused-ring (bicyclic) bond motifs is 1. The summed E-state index contributed by atoms with van der Waals surface area (Å²) >= 11 is 0. The average Bonchev–Trinajstić information content (AvgIpc) is 2.04. The first-order chi connectivity index (χ1) is 5.36. The van der Waals surface area contributed by atoms with Gasteiger partial charge in [0.25, 0.3) is 0 Å². The predicted octanol–water partition coefficient (Wildman–Crippen LogP) is -0.384. The molecule has 0 amide bonds.